The maximum absolute atomic E-state index is 5.45. The fourth-order valence-electron chi connectivity index (χ4n) is 3.50. The van der Waals surface area contributed by atoms with Gasteiger partial charge in [0.25, 0.3) is 0 Å². The Bertz CT molecular complexity index is 621. The van der Waals surface area contributed by atoms with Crippen LogP contribution in [0, 0.1) is 5.92 Å². The van der Waals surface area contributed by atoms with E-state index in [0.717, 1.165) is 56.6 Å². The highest BCUT2D eigenvalue weighted by Crippen LogP contribution is 2.33. The summed E-state index contributed by atoms with van der Waals surface area (Å²) in [5, 5.41) is 6.88. The molecule has 0 amide bonds. The lowest BCUT2D eigenvalue weighted by molar-refractivity contribution is 0.256. The van der Waals surface area contributed by atoms with E-state index in [1.54, 1.807) is 14.2 Å². The number of ether oxygens (including phenoxy) is 2. The summed E-state index contributed by atoms with van der Waals surface area (Å²) in [7, 11) is 5.21. The molecule has 0 bridgehead atoms. The van der Waals surface area contributed by atoms with Crippen molar-refractivity contribution in [2.24, 2.45) is 10.9 Å². The van der Waals surface area contributed by atoms with Crippen LogP contribution in [0.2, 0.25) is 0 Å². The first-order chi connectivity index (χ1) is 13.1. The molecule has 0 fully saturated rings. The van der Waals surface area contributed by atoms with Crippen LogP contribution in [-0.2, 0) is 13.0 Å². The van der Waals surface area contributed by atoms with Crippen LogP contribution in [0.3, 0.4) is 0 Å². The Balaban J connectivity index is 0.00000392. The van der Waals surface area contributed by atoms with Gasteiger partial charge in [-0.15, -0.1) is 24.0 Å². The minimum atomic E-state index is 0. The van der Waals surface area contributed by atoms with Crippen LogP contribution in [0.15, 0.2) is 17.1 Å². The van der Waals surface area contributed by atoms with Crippen LogP contribution < -0.4 is 20.1 Å². The highest BCUT2D eigenvalue weighted by atomic mass is 127. The van der Waals surface area contributed by atoms with Crippen molar-refractivity contribution in [3.05, 3.63) is 23.3 Å². The van der Waals surface area contributed by atoms with Crippen LogP contribution in [0.5, 0.6) is 11.5 Å². The van der Waals surface area contributed by atoms with Crippen LogP contribution in [-0.4, -0.2) is 58.3 Å². The van der Waals surface area contributed by atoms with Crippen molar-refractivity contribution in [3.63, 3.8) is 0 Å². The van der Waals surface area contributed by atoms with E-state index in [0.29, 0.717) is 5.92 Å². The number of benzene rings is 1. The van der Waals surface area contributed by atoms with E-state index < -0.39 is 0 Å². The van der Waals surface area contributed by atoms with Crippen molar-refractivity contribution in [1.29, 1.82) is 0 Å². The highest BCUT2D eigenvalue weighted by molar-refractivity contribution is 14.0. The fraction of sp³-hybridized carbons (Fsp3) is 0.667. The van der Waals surface area contributed by atoms with Gasteiger partial charge in [0.15, 0.2) is 17.5 Å². The molecule has 0 aromatic heterocycles. The van der Waals surface area contributed by atoms with Crippen LogP contribution in [0.4, 0.5) is 0 Å². The minimum absolute atomic E-state index is 0. The number of aliphatic imine (C=N–C) groups is 1. The van der Waals surface area contributed by atoms with Crippen molar-refractivity contribution in [3.8, 4) is 11.5 Å². The average Bonchev–Trinajstić information content (AvgIpc) is 2.71. The van der Waals surface area contributed by atoms with E-state index in [2.05, 4.69) is 46.5 Å². The summed E-state index contributed by atoms with van der Waals surface area (Å²) in [6.07, 6.45) is 3.43. The van der Waals surface area contributed by atoms with Crippen LogP contribution in [0.1, 0.15) is 37.8 Å². The molecule has 0 atom stereocenters. The molecule has 6 nitrogen and oxygen atoms in total. The lowest BCUT2D eigenvalue weighted by atomic mass is 9.99. The number of methoxy groups -OCH3 is 2. The van der Waals surface area contributed by atoms with Gasteiger partial charge in [-0.3, -0.25) is 9.89 Å². The zero-order valence-corrected chi connectivity index (χ0v) is 20.3. The number of hydrogen-bond donors (Lipinski definition) is 2. The molecular weight excluding hydrogens is 467 g/mol. The predicted molar refractivity (Wildman–Crippen MR) is 127 cm³/mol. The van der Waals surface area contributed by atoms with Gasteiger partial charge in [0.05, 0.1) is 14.2 Å². The van der Waals surface area contributed by atoms with Crippen molar-refractivity contribution in [2.75, 3.05) is 47.4 Å². The topological polar surface area (TPSA) is 58.1 Å². The number of halogens is 1. The Morgan fingerprint density at radius 1 is 1.11 bits per heavy atom. The zero-order chi connectivity index (χ0) is 19.6. The number of nitrogens with zero attached hydrogens (tertiary/aromatic N) is 2. The molecule has 2 N–H and O–H groups in total. The quantitative estimate of drug-likeness (QED) is 0.307. The normalized spacial score (nSPS) is 14.3. The summed E-state index contributed by atoms with van der Waals surface area (Å²) in [6.45, 7) is 9.33. The summed E-state index contributed by atoms with van der Waals surface area (Å²) < 4.78 is 10.9. The second-order valence-electron chi connectivity index (χ2n) is 7.06. The maximum Gasteiger partial charge on any atom is 0.191 e. The molecule has 1 aromatic rings. The molecule has 0 spiro atoms. The fourth-order valence-corrected chi connectivity index (χ4v) is 3.50. The number of hydrogen-bond acceptors (Lipinski definition) is 4. The molecule has 1 heterocycles. The first kappa shape index (κ1) is 24.8. The molecule has 160 valence electrons. The summed E-state index contributed by atoms with van der Waals surface area (Å²) in [5.74, 6) is 3.22. The summed E-state index contributed by atoms with van der Waals surface area (Å²) in [5.41, 5.74) is 2.69. The third kappa shape index (κ3) is 6.99. The lowest BCUT2D eigenvalue weighted by Gasteiger charge is -2.29. The molecule has 0 unspecified atom stereocenters. The van der Waals surface area contributed by atoms with Crippen molar-refractivity contribution in [2.45, 2.75) is 39.7 Å². The highest BCUT2D eigenvalue weighted by Gasteiger charge is 2.19. The molecule has 1 aromatic carbocycles. The summed E-state index contributed by atoms with van der Waals surface area (Å²) >= 11 is 0. The smallest absolute Gasteiger partial charge is 0.191 e. The lowest BCUT2D eigenvalue weighted by Crippen LogP contribution is -2.43. The van der Waals surface area contributed by atoms with Gasteiger partial charge in [-0.2, -0.15) is 0 Å². The van der Waals surface area contributed by atoms with Crippen LogP contribution in [0.25, 0.3) is 0 Å². The molecule has 0 aliphatic carbocycles. The van der Waals surface area contributed by atoms with Gasteiger partial charge in [-0.05, 0) is 35.6 Å². The zero-order valence-electron chi connectivity index (χ0n) is 18.0. The van der Waals surface area contributed by atoms with E-state index in [-0.39, 0.29) is 24.0 Å². The average molecular weight is 504 g/mol. The molecule has 1 aliphatic heterocycles. The standard InChI is InChI=1S/C21H36N4O2.HI/c1-6-16(7-2)14-24-21(22-3)23-9-11-25-10-8-17-12-19(26-4)20(27-5)13-18(17)15-25;/h12-13,16H,6-11,14-15H2,1-5H3,(H2,22,23,24);1H. The van der Waals surface area contributed by atoms with Gasteiger partial charge in [0.1, 0.15) is 0 Å². The Labute approximate surface area is 187 Å². The first-order valence-corrected chi connectivity index (χ1v) is 10.1. The third-order valence-corrected chi connectivity index (χ3v) is 5.45. The Morgan fingerprint density at radius 2 is 1.75 bits per heavy atom. The number of nitrogens with one attached hydrogen (secondary N) is 2. The molecule has 0 saturated carbocycles. The molecule has 7 heteroatoms. The molecule has 2 rings (SSSR count). The first-order valence-electron chi connectivity index (χ1n) is 10.1. The van der Waals surface area contributed by atoms with Gasteiger partial charge in [-0.25, -0.2) is 0 Å². The van der Waals surface area contributed by atoms with Gasteiger partial charge >= 0.3 is 0 Å². The van der Waals surface area contributed by atoms with Gasteiger partial charge < -0.3 is 20.1 Å². The third-order valence-electron chi connectivity index (χ3n) is 5.45. The van der Waals surface area contributed by atoms with E-state index in [1.807, 2.05) is 7.05 Å². The largest absolute Gasteiger partial charge is 0.493 e. The Morgan fingerprint density at radius 3 is 2.32 bits per heavy atom. The van der Waals surface area contributed by atoms with Crippen molar-refractivity contribution < 1.29 is 9.47 Å². The summed E-state index contributed by atoms with van der Waals surface area (Å²) in [4.78, 5) is 6.80. The van der Waals surface area contributed by atoms with Crippen LogP contribution >= 0.6 is 24.0 Å². The SMILES string of the molecule is CCC(CC)CNC(=NC)NCCN1CCc2cc(OC)c(OC)cc2C1.I. The maximum atomic E-state index is 5.45. The monoisotopic (exact) mass is 504 g/mol. The van der Waals surface area contributed by atoms with Gasteiger partial charge in [0.2, 0.25) is 0 Å². The van der Waals surface area contributed by atoms with E-state index in [9.17, 15) is 0 Å². The molecule has 28 heavy (non-hydrogen) atoms. The molecule has 0 radical (unpaired) electrons. The van der Waals surface area contributed by atoms with Crippen molar-refractivity contribution >= 4 is 29.9 Å². The second kappa shape index (κ2) is 13.1. The number of rotatable bonds is 9. The Kier molecular flexibility index (Phi) is 11.6. The van der Waals surface area contributed by atoms with Crippen molar-refractivity contribution in [1.82, 2.24) is 15.5 Å². The number of guanidine groups is 1. The van der Waals surface area contributed by atoms with Gasteiger partial charge in [-0.1, -0.05) is 26.7 Å². The van der Waals surface area contributed by atoms with E-state index >= 15 is 0 Å². The van der Waals surface area contributed by atoms with E-state index in [1.165, 1.54) is 24.0 Å². The summed E-state index contributed by atoms with van der Waals surface area (Å²) in [6, 6.07) is 4.23. The molecule has 0 saturated heterocycles. The Hall–Kier alpha value is -1.22. The molecular formula is C21H37IN4O2. The number of fused-ring (bicyclic) bond motifs is 1. The molecule has 1 aliphatic rings. The predicted octanol–water partition coefficient (Wildman–Crippen LogP) is 3.28. The minimum Gasteiger partial charge on any atom is -0.493 e. The van der Waals surface area contributed by atoms with Gasteiger partial charge in [0, 0.05) is 39.8 Å². The van der Waals surface area contributed by atoms with E-state index in [4.69, 9.17) is 9.47 Å². The second-order valence-corrected chi connectivity index (χ2v) is 7.06.